The van der Waals surface area contributed by atoms with Crippen LogP contribution < -0.4 is 0 Å². The molecule has 0 bridgehead atoms. The van der Waals surface area contributed by atoms with E-state index in [4.69, 9.17) is 4.98 Å². The molecule has 0 atom stereocenters. The largest absolute Gasteiger partial charge is 0.342 e. The number of fused-ring (bicyclic) bond motifs is 1. The van der Waals surface area contributed by atoms with Gasteiger partial charge in [0.15, 0.2) is 0 Å². The van der Waals surface area contributed by atoms with Crippen molar-refractivity contribution in [3.05, 3.63) is 65.5 Å². The highest BCUT2D eigenvalue weighted by atomic mass is 19.1. The fraction of sp³-hybridized carbons (Fsp3) is 0.417. The lowest BCUT2D eigenvalue weighted by atomic mass is 9.84. The first-order valence-electron chi connectivity index (χ1n) is 10.8. The number of rotatable bonds is 4. The molecular weight excluding hydrogens is 384 g/mol. The van der Waals surface area contributed by atoms with Gasteiger partial charge in [0, 0.05) is 31.1 Å². The van der Waals surface area contributed by atoms with Crippen molar-refractivity contribution >= 4 is 16.9 Å². The Labute approximate surface area is 174 Å². The van der Waals surface area contributed by atoms with Crippen LogP contribution in [0.4, 0.5) is 8.78 Å². The van der Waals surface area contributed by atoms with Crippen LogP contribution in [0, 0.1) is 11.6 Å². The molecule has 2 aliphatic rings. The summed E-state index contributed by atoms with van der Waals surface area (Å²) in [5.74, 6) is 0.992. The molecule has 1 saturated heterocycles. The molecule has 30 heavy (non-hydrogen) atoms. The van der Waals surface area contributed by atoms with Gasteiger partial charge in [-0.3, -0.25) is 4.79 Å². The van der Waals surface area contributed by atoms with Crippen LogP contribution in [0.2, 0.25) is 0 Å². The molecule has 6 heteroatoms. The Bertz CT molecular complexity index is 1080. The Balaban J connectivity index is 1.33. The first kappa shape index (κ1) is 19.2. The fourth-order valence-corrected chi connectivity index (χ4v) is 4.74. The Morgan fingerprint density at radius 2 is 1.77 bits per heavy atom. The van der Waals surface area contributed by atoms with Crippen LogP contribution in [0.5, 0.6) is 0 Å². The molecule has 1 amide bonds. The topological polar surface area (TPSA) is 38.1 Å². The van der Waals surface area contributed by atoms with Gasteiger partial charge in [-0.1, -0.05) is 18.6 Å². The minimum atomic E-state index is -0.314. The van der Waals surface area contributed by atoms with Crippen LogP contribution >= 0.6 is 0 Å². The lowest BCUT2D eigenvalue weighted by Gasteiger charge is -2.35. The molecule has 2 heterocycles. The van der Waals surface area contributed by atoms with E-state index in [0.29, 0.717) is 24.6 Å². The Morgan fingerprint density at radius 1 is 1.00 bits per heavy atom. The summed E-state index contributed by atoms with van der Waals surface area (Å²) in [6.07, 6.45) is 5.40. The van der Waals surface area contributed by atoms with Crippen molar-refractivity contribution < 1.29 is 13.6 Å². The van der Waals surface area contributed by atoms with Crippen LogP contribution in [-0.4, -0.2) is 33.4 Å². The van der Waals surface area contributed by atoms with Crippen LogP contribution in [0.25, 0.3) is 11.0 Å². The van der Waals surface area contributed by atoms with Gasteiger partial charge in [-0.15, -0.1) is 0 Å². The molecule has 1 saturated carbocycles. The summed E-state index contributed by atoms with van der Waals surface area (Å²) in [4.78, 5) is 19.4. The highest BCUT2D eigenvalue weighted by molar-refractivity contribution is 5.79. The maximum Gasteiger partial charge on any atom is 0.226 e. The number of hydrogen-bond acceptors (Lipinski definition) is 2. The summed E-state index contributed by atoms with van der Waals surface area (Å²) in [5, 5.41) is 0. The normalized spacial score (nSPS) is 18.0. The quantitative estimate of drug-likeness (QED) is 0.609. The van der Waals surface area contributed by atoms with E-state index in [1.165, 1.54) is 30.7 Å². The van der Waals surface area contributed by atoms with E-state index in [9.17, 15) is 13.6 Å². The molecular formula is C24H25F2N3O. The molecule has 0 radical (unpaired) electrons. The van der Waals surface area contributed by atoms with Crippen LogP contribution in [0.15, 0.2) is 42.5 Å². The highest BCUT2D eigenvalue weighted by Gasteiger charge is 2.31. The second-order valence-corrected chi connectivity index (χ2v) is 8.52. The number of halogens is 2. The SMILES string of the molecule is O=C(Cc1cccc(F)c1)N1CCC(n2c(C3CCC3)nc3cc(F)ccc32)CC1. The number of likely N-dealkylation sites (tertiary alicyclic amines) is 1. The molecule has 1 aliphatic heterocycles. The first-order valence-corrected chi connectivity index (χ1v) is 10.8. The molecule has 2 aromatic carbocycles. The number of carbonyl (C=O) groups is 1. The number of benzene rings is 2. The summed E-state index contributed by atoms with van der Waals surface area (Å²) in [7, 11) is 0. The first-order chi connectivity index (χ1) is 14.6. The lowest BCUT2D eigenvalue weighted by Crippen LogP contribution is -2.40. The summed E-state index contributed by atoms with van der Waals surface area (Å²) in [5.41, 5.74) is 2.42. The Hall–Kier alpha value is -2.76. The van der Waals surface area contributed by atoms with Gasteiger partial charge in [-0.05, 0) is 55.5 Å². The van der Waals surface area contributed by atoms with Crippen LogP contribution in [0.3, 0.4) is 0 Å². The third-order valence-corrected chi connectivity index (χ3v) is 6.58. The number of aromatic nitrogens is 2. The number of hydrogen-bond donors (Lipinski definition) is 0. The van der Waals surface area contributed by atoms with E-state index in [-0.39, 0.29) is 30.0 Å². The second kappa shape index (κ2) is 7.82. The van der Waals surface area contributed by atoms with E-state index in [1.807, 2.05) is 11.0 Å². The molecule has 0 N–H and O–H groups in total. The van der Waals surface area contributed by atoms with Crippen molar-refractivity contribution in [1.82, 2.24) is 14.5 Å². The smallest absolute Gasteiger partial charge is 0.226 e. The minimum Gasteiger partial charge on any atom is -0.342 e. The van der Waals surface area contributed by atoms with Gasteiger partial charge in [0.05, 0.1) is 17.5 Å². The van der Waals surface area contributed by atoms with E-state index in [0.717, 1.165) is 42.5 Å². The van der Waals surface area contributed by atoms with Gasteiger partial charge in [-0.25, -0.2) is 13.8 Å². The molecule has 3 aromatic rings. The van der Waals surface area contributed by atoms with Crippen LogP contribution in [-0.2, 0) is 11.2 Å². The molecule has 1 aliphatic carbocycles. The molecule has 156 valence electrons. The van der Waals surface area contributed by atoms with Gasteiger partial charge >= 0.3 is 0 Å². The lowest BCUT2D eigenvalue weighted by molar-refractivity contribution is -0.131. The third-order valence-electron chi connectivity index (χ3n) is 6.58. The third kappa shape index (κ3) is 3.59. The van der Waals surface area contributed by atoms with Crippen molar-refractivity contribution in [3.63, 3.8) is 0 Å². The van der Waals surface area contributed by atoms with Crippen molar-refractivity contribution in [2.75, 3.05) is 13.1 Å². The molecule has 2 fully saturated rings. The zero-order valence-corrected chi connectivity index (χ0v) is 16.9. The maximum absolute atomic E-state index is 13.7. The average Bonchev–Trinajstić information content (AvgIpc) is 3.04. The summed E-state index contributed by atoms with van der Waals surface area (Å²) in [6.45, 7) is 1.34. The second-order valence-electron chi connectivity index (χ2n) is 8.52. The maximum atomic E-state index is 13.7. The highest BCUT2D eigenvalue weighted by Crippen LogP contribution is 2.40. The van der Waals surface area contributed by atoms with E-state index in [1.54, 1.807) is 12.1 Å². The molecule has 1 aromatic heterocycles. The number of piperidine rings is 1. The van der Waals surface area contributed by atoms with E-state index < -0.39 is 0 Å². The molecule has 0 spiro atoms. The Morgan fingerprint density at radius 3 is 2.47 bits per heavy atom. The fourth-order valence-electron chi connectivity index (χ4n) is 4.74. The molecule has 4 nitrogen and oxygen atoms in total. The van der Waals surface area contributed by atoms with Crippen molar-refractivity contribution in [2.45, 2.75) is 50.5 Å². The van der Waals surface area contributed by atoms with Gasteiger partial charge in [0.1, 0.15) is 17.5 Å². The van der Waals surface area contributed by atoms with Gasteiger partial charge in [0.25, 0.3) is 0 Å². The molecule has 5 rings (SSSR count). The average molecular weight is 409 g/mol. The van der Waals surface area contributed by atoms with E-state index >= 15 is 0 Å². The minimum absolute atomic E-state index is 0.0378. The number of nitrogens with zero attached hydrogens (tertiary/aromatic N) is 3. The van der Waals surface area contributed by atoms with E-state index in [2.05, 4.69) is 4.57 Å². The zero-order valence-electron chi connectivity index (χ0n) is 16.9. The van der Waals surface area contributed by atoms with Gasteiger partial charge in [0.2, 0.25) is 5.91 Å². The summed E-state index contributed by atoms with van der Waals surface area (Å²) >= 11 is 0. The zero-order chi connectivity index (χ0) is 20.7. The Kier molecular flexibility index (Phi) is 5.01. The predicted molar refractivity (Wildman–Crippen MR) is 111 cm³/mol. The predicted octanol–water partition coefficient (Wildman–Crippen LogP) is 4.99. The standard InChI is InChI=1S/C24H25F2N3O/c25-18-6-1-3-16(13-18)14-23(30)28-11-9-20(10-12-28)29-22-8-7-19(26)15-21(22)27-24(29)17-4-2-5-17/h1,3,6-8,13,15,17,20H,2,4-5,9-12,14H2. The monoisotopic (exact) mass is 409 g/mol. The van der Waals surface area contributed by atoms with Crippen molar-refractivity contribution in [1.29, 1.82) is 0 Å². The van der Waals surface area contributed by atoms with Crippen molar-refractivity contribution in [2.24, 2.45) is 0 Å². The molecule has 0 unspecified atom stereocenters. The summed E-state index contributed by atoms with van der Waals surface area (Å²) < 4.78 is 29.5. The number of imidazole rings is 1. The van der Waals surface area contributed by atoms with Crippen LogP contribution in [0.1, 0.15) is 55.5 Å². The summed E-state index contributed by atoms with van der Waals surface area (Å²) in [6, 6.07) is 11.4. The number of carbonyl (C=O) groups excluding carboxylic acids is 1. The number of amides is 1. The van der Waals surface area contributed by atoms with Crippen molar-refractivity contribution in [3.8, 4) is 0 Å². The van der Waals surface area contributed by atoms with Gasteiger partial charge in [-0.2, -0.15) is 0 Å². The van der Waals surface area contributed by atoms with Gasteiger partial charge < -0.3 is 9.47 Å².